The maximum atomic E-state index is 6.28. The van der Waals surface area contributed by atoms with Crippen LogP contribution in [0, 0.1) is 0 Å². The van der Waals surface area contributed by atoms with Crippen molar-refractivity contribution in [2.75, 3.05) is 32.4 Å². The minimum atomic E-state index is 0.906. The number of hydrogen-bond donors (Lipinski definition) is 2. The van der Waals surface area contributed by atoms with Crippen LogP contribution in [0.5, 0.6) is 0 Å². The molecule has 1 fully saturated rings. The third-order valence-corrected chi connectivity index (χ3v) is 5.79. The summed E-state index contributed by atoms with van der Waals surface area (Å²) in [6, 6.07) is 17.3. The van der Waals surface area contributed by atoms with Crippen molar-refractivity contribution in [1.82, 2.24) is 0 Å². The molecule has 0 radical (unpaired) electrons. The molecule has 3 rings (SSSR count). The second kappa shape index (κ2) is 8.20. The number of quaternary nitrogens is 2. The molecule has 0 atom stereocenters. The van der Waals surface area contributed by atoms with Gasteiger partial charge >= 0.3 is 0 Å². The van der Waals surface area contributed by atoms with Crippen molar-refractivity contribution in [2.45, 2.75) is 18.0 Å². The molecule has 0 bridgehead atoms. The Balaban J connectivity index is 1.49. The molecule has 0 aliphatic carbocycles. The zero-order chi connectivity index (χ0) is 16.1. The quantitative estimate of drug-likeness (QED) is 0.779. The molecule has 4 heteroatoms. The molecule has 1 heterocycles. The van der Waals surface area contributed by atoms with Crippen molar-refractivity contribution in [2.24, 2.45) is 0 Å². The average Bonchev–Trinajstić information content (AvgIpc) is 2.59. The van der Waals surface area contributed by atoms with E-state index in [2.05, 4.69) is 42.7 Å². The van der Waals surface area contributed by atoms with Crippen LogP contribution in [0.4, 0.5) is 0 Å². The van der Waals surface area contributed by atoms with Crippen molar-refractivity contribution in [1.29, 1.82) is 0 Å². The summed E-state index contributed by atoms with van der Waals surface area (Å²) in [5.41, 5.74) is 2.73. The number of piperazine rings is 1. The molecule has 0 saturated carbocycles. The minimum absolute atomic E-state index is 0.906. The van der Waals surface area contributed by atoms with Gasteiger partial charge in [-0.15, -0.1) is 11.8 Å². The monoisotopic (exact) mass is 348 g/mol. The molecule has 0 spiro atoms. The zero-order valence-corrected chi connectivity index (χ0v) is 15.2. The lowest BCUT2D eigenvalue weighted by Gasteiger charge is -2.30. The van der Waals surface area contributed by atoms with Gasteiger partial charge in [0, 0.05) is 21.0 Å². The second-order valence-corrected chi connectivity index (χ2v) is 7.58. The molecular weight excluding hydrogens is 324 g/mol. The molecule has 2 nitrogen and oxygen atoms in total. The number of thioether (sulfide) groups is 1. The van der Waals surface area contributed by atoms with Gasteiger partial charge in [-0.1, -0.05) is 41.9 Å². The molecule has 122 valence electrons. The Morgan fingerprint density at radius 1 is 0.870 bits per heavy atom. The summed E-state index contributed by atoms with van der Waals surface area (Å²) in [6.07, 6.45) is 2.13. The summed E-state index contributed by atoms with van der Waals surface area (Å²) in [7, 11) is 0. The highest BCUT2D eigenvalue weighted by Gasteiger charge is 2.23. The van der Waals surface area contributed by atoms with Crippen LogP contribution in [0.15, 0.2) is 53.4 Å². The maximum absolute atomic E-state index is 6.28. The zero-order valence-electron chi connectivity index (χ0n) is 13.6. The van der Waals surface area contributed by atoms with Gasteiger partial charge in [0.1, 0.15) is 39.3 Å². The van der Waals surface area contributed by atoms with E-state index in [0.29, 0.717) is 0 Å². The average molecular weight is 349 g/mol. The number of halogens is 1. The maximum Gasteiger partial charge on any atom is 0.127 e. The summed E-state index contributed by atoms with van der Waals surface area (Å²) in [5.74, 6) is 0. The number of rotatable bonds is 5. The highest BCUT2D eigenvalue weighted by molar-refractivity contribution is 7.98. The Kier molecular flexibility index (Phi) is 6.01. The lowest BCUT2D eigenvalue weighted by atomic mass is 10.1. The van der Waals surface area contributed by atoms with E-state index in [-0.39, 0.29) is 0 Å². The number of benzene rings is 2. The van der Waals surface area contributed by atoms with E-state index in [1.165, 1.54) is 42.2 Å². The van der Waals surface area contributed by atoms with Crippen LogP contribution in [0.1, 0.15) is 11.1 Å². The third kappa shape index (κ3) is 4.74. The molecule has 2 N–H and O–H groups in total. The predicted molar refractivity (Wildman–Crippen MR) is 98.5 cm³/mol. The molecule has 1 aliphatic heterocycles. The molecule has 0 aromatic heterocycles. The molecule has 1 saturated heterocycles. The Labute approximate surface area is 148 Å². The van der Waals surface area contributed by atoms with E-state index in [1.54, 1.807) is 21.6 Å². The summed E-state index contributed by atoms with van der Waals surface area (Å²) in [5, 5.41) is 0.906. The van der Waals surface area contributed by atoms with E-state index in [4.69, 9.17) is 11.6 Å². The second-order valence-electron chi connectivity index (χ2n) is 6.29. The normalized spacial score (nSPS) is 21.3. The van der Waals surface area contributed by atoms with Crippen LogP contribution in [0.2, 0.25) is 5.02 Å². The summed E-state index contributed by atoms with van der Waals surface area (Å²) in [6.45, 7) is 7.13. The van der Waals surface area contributed by atoms with Crippen LogP contribution in [0.25, 0.3) is 0 Å². The largest absolute Gasteiger partial charge is 0.322 e. The first-order valence-corrected chi connectivity index (χ1v) is 9.88. The lowest BCUT2D eigenvalue weighted by molar-refractivity contribution is -1.02. The Morgan fingerprint density at radius 3 is 2.09 bits per heavy atom. The SMILES string of the molecule is CSc1ccc(C[NH+]2CC[NH+](Cc3ccccc3Cl)CC2)cc1. The Morgan fingerprint density at radius 2 is 1.48 bits per heavy atom. The van der Waals surface area contributed by atoms with Gasteiger partial charge in [-0.3, -0.25) is 0 Å². The van der Waals surface area contributed by atoms with Crippen LogP contribution in [-0.2, 0) is 13.1 Å². The first-order valence-electron chi connectivity index (χ1n) is 8.28. The van der Waals surface area contributed by atoms with E-state index in [0.717, 1.165) is 18.1 Å². The third-order valence-electron chi connectivity index (χ3n) is 4.68. The molecule has 0 unspecified atom stereocenters. The van der Waals surface area contributed by atoms with Crippen molar-refractivity contribution in [3.63, 3.8) is 0 Å². The van der Waals surface area contributed by atoms with Gasteiger partial charge in [0.05, 0.1) is 0 Å². The van der Waals surface area contributed by atoms with E-state index in [9.17, 15) is 0 Å². The van der Waals surface area contributed by atoms with E-state index >= 15 is 0 Å². The summed E-state index contributed by atoms with van der Waals surface area (Å²) >= 11 is 8.09. The smallest absolute Gasteiger partial charge is 0.127 e. The van der Waals surface area contributed by atoms with Gasteiger partial charge in [0.25, 0.3) is 0 Å². The highest BCUT2D eigenvalue weighted by Crippen LogP contribution is 2.14. The number of nitrogens with one attached hydrogen (secondary N) is 2. The van der Waals surface area contributed by atoms with Gasteiger partial charge in [0.2, 0.25) is 0 Å². The first-order chi connectivity index (χ1) is 11.2. The minimum Gasteiger partial charge on any atom is -0.322 e. The van der Waals surface area contributed by atoms with Crippen molar-refractivity contribution in [3.8, 4) is 0 Å². The fourth-order valence-corrected chi connectivity index (χ4v) is 3.86. The van der Waals surface area contributed by atoms with Crippen molar-refractivity contribution in [3.05, 3.63) is 64.7 Å². The fraction of sp³-hybridized carbons (Fsp3) is 0.368. The van der Waals surface area contributed by atoms with Crippen LogP contribution in [0.3, 0.4) is 0 Å². The van der Waals surface area contributed by atoms with Gasteiger partial charge in [-0.05, 0) is 24.5 Å². The standard InChI is InChI=1S/C19H23ClN2S/c1-23-18-8-6-16(7-9-18)14-21-10-12-22(13-11-21)15-17-4-2-3-5-19(17)20/h2-9H,10-15H2,1H3/p+2. The molecule has 1 aliphatic rings. The summed E-state index contributed by atoms with van der Waals surface area (Å²) < 4.78 is 0. The van der Waals surface area contributed by atoms with Crippen LogP contribution in [-0.4, -0.2) is 32.4 Å². The predicted octanol–water partition coefficient (Wildman–Crippen LogP) is 1.55. The molecule has 0 amide bonds. The summed E-state index contributed by atoms with van der Waals surface area (Å²) in [4.78, 5) is 4.70. The molecule has 2 aromatic rings. The molecular formula is C19H25ClN2S+2. The Hall–Kier alpha value is -1.00. The van der Waals surface area contributed by atoms with Crippen LogP contribution < -0.4 is 9.80 Å². The molecule has 23 heavy (non-hydrogen) atoms. The fourth-order valence-electron chi connectivity index (χ4n) is 3.25. The van der Waals surface area contributed by atoms with E-state index < -0.39 is 0 Å². The highest BCUT2D eigenvalue weighted by atomic mass is 35.5. The van der Waals surface area contributed by atoms with Gasteiger partial charge in [-0.2, -0.15) is 0 Å². The molecule has 2 aromatic carbocycles. The van der Waals surface area contributed by atoms with E-state index in [1.807, 2.05) is 12.1 Å². The Bertz CT molecular complexity index is 622. The topological polar surface area (TPSA) is 8.88 Å². The van der Waals surface area contributed by atoms with Crippen molar-refractivity contribution >= 4 is 23.4 Å². The first kappa shape index (κ1) is 16.8. The van der Waals surface area contributed by atoms with Crippen LogP contribution >= 0.6 is 23.4 Å². The van der Waals surface area contributed by atoms with Gasteiger partial charge < -0.3 is 9.80 Å². The van der Waals surface area contributed by atoms with Crippen molar-refractivity contribution < 1.29 is 9.80 Å². The number of hydrogen-bond acceptors (Lipinski definition) is 1. The lowest BCUT2D eigenvalue weighted by Crippen LogP contribution is -3.27. The van der Waals surface area contributed by atoms with Gasteiger partial charge in [-0.25, -0.2) is 0 Å². The van der Waals surface area contributed by atoms with Gasteiger partial charge in [0.15, 0.2) is 0 Å².